The van der Waals surface area contributed by atoms with Crippen LogP contribution in [0.15, 0.2) is 79.0 Å². The van der Waals surface area contributed by atoms with Crippen LogP contribution < -0.4 is 30.9 Å². The zero-order valence-electron chi connectivity index (χ0n) is 22.9. The molecule has 40 heavy (non-hydrogen) atoms. The smallest absolute Gasteiger partial charge is 0.319 e. The third-order valence-electron chi connectivity index (χ3n) is 6.70. The van der Waals surface area contributed by atoms with E-state index in [0.29, 0.717) is 47.2 Å². The number of hydrogen-bond acceptors (Lipinski definition) is 6. The normalized spacial score (nSPS) is 16.8. The number of carbonyl (C=O) groups excluding carboxylic acids is 2. The van der Waals surface area contributed by atoms with Crippen molar-refractivity contribution in [2.24, 2.45) is 0 Å². The van der Waals surface area contributed by atoms with Crippen molar-refractivity contribution < 1.29 is 14.3 Å². The number of rotatable bonds is 7. The molecule has 9 nitrogen and oxygen atoms in total. The van der Waals surface area contributed by atoms with Gasteiger partial charge in [0.15, 0.2) is 0 Å². The second-order valence-corrected chi connectivity index (χ2v) is 10.0. The molecule has 3 amide bonds. The van der Waals surface area contributed by atoms with Gasteiger partial charge in [0.25, 0.3) is 5.91 Å². The van der Waals surface area contributed by atoms with Gasteiger partial charge in [-0.3, -0.25) is 4.79 Å². The number of piperazine rings is 1. The third-order valence-corrected chi connectivity index (χ3v) is 6.70. The molecule has 5 rings (SSSR count). The molecule has 1 saturated heterocycles. The lowest BCUT2D eigenvalue weighted by Gasteiger charge is -2.37. The summed E-state index contributed by atoms with van der Waals surface area (Å²) in [5, 5.41) is 13.8. The average Bonchev–Trinajstić information content (AvgIpc) is 2.93. The predicted octanol–water partition coefficient (Wildman–Crippen LogP) is 5.61. The fourth-order valence-electron chi connectivity index (χ4n) is 4.99. The minimum atomic E-state index is -0.249. The maximum absolute atomic E-state index is 12.9. The monoisotopic (exact) mass is 538 g/mol. The summed E-state index contributed by atoms with van der Waals surface area (Å²) in [6.45, 7) is 8.63. The third kappa shape index (κ3) is 6.50. The van der Waals surface area contributed by atoms with Gasteiger partial charge in [0.2, 0.25) is 0 Å². The maximum Gasteiger partial charge on any atom is 0.319 e. The van der Waals surface area contributed by atoms with Gasteiger partial charge in [-0.15, -0.1) is 0 Å². The Morgan fingerprint density at radius 1 is 0.950 bits per heavy atom. The zero-order valence-corrected chi connectivity index (χ0v) is 22.9. The number of nitrogens with zero attached hydrogens (tertiary/aromatic N) is 2. The number of aromatic nitrogens is 1. The summed E-state index contributed by atoms with van der Waals surface area (Å²) in [5.41, 5.74) is 2.38. The van der Waals surface area contributed by atoms with Crippen molar-refractivity contribution in [3.63, 3.8) is 0 Å². The molecule has 4 aromatic rings. The molecular formula is C31H34N6O3. The number of carbonyl (C=O) groups is 2. The lowest BCUT2D eigenvalue weighted by atomic mass is 10.1. The van der Waals surface area contributed by atoms with E-state index in [1.807, 2.05) is 67.6 Å². The summed E-state index contributed by atoms with van der Waals surface area (Å²) in [5.74, 6) is 1.32. The van der Waals surface area contributed by atoms with Crippen LogP contribution in [0, 0.1) is 0 Å². The van der Waals surface area contributed by atoms with Crippen molar-refractivity contribution >= 4 is 39.9 Å². The molecule has 1 fully saturated rings. The highest BCUT2D eigenvalue weighted by molar-refractivity contribution is 6.04. The number of fused-ring (bicyclic) bond motifs is 1. The van der Waals surface area contributed by atoms with E-state index >= 15 is 0 Å². The quantitative estimate of drug-likeness (QED) is 0.244. The number of amides is 3. The molecule has 4 N–H and O–H groups in total. The van der Waals surface area contributed by atoms with Crippen molar-refractivity contribution in [1.82, 2.24) is 15.6 Å². The van der Waals surface area contributed by atoms with Gasteiger partial charge < -0.3 is 30.9 Å². The number of pyridine rings is 1. The lowest BCUT2D eigenvalue weighted by Crippen LogP contribution is -2.54. The first-order valence-corrected chi connectivity index (χ1v) is 13.5. The van der Waals surface area contributed by atoms with Crippen molar-refractivity contribution in [2.45, 2.75) is 32.9 Å². The van der Waals surface area contributed by atoms with E-state index in [4.69, 9.17) is 4.74 Å². The van der Waals surface area contributed by atoms with Gasteiger partial charge in [0, 0.05) is 60.6 Å². The second kappa shape index (κ2) is 12.0. The Kier molecular flexibility index (Phi) is 8.12. The minimum Gasteiger partial charge on any atom is -0.457 e. The van der Waals surface area contributed by atoms with E-state index in [0.717, 1.165) is 29.5 Å². The van der Waals surface area contributed by atoms with Crippen LogP contribution in [0.2, 0.25) is 0 Å². The Labute approximate surface area is 233 Å². The molecule has 0 radical (unpaired) electrons. The molecular weight excluding hydrogens is 504 g/mol. The van der Waals surface area contributed by atoms with Crippen molar-refractivity contribution in [2.75, 3.05) is 35.2 Å². The largest absolute Gasteiger partial charge is 0.457 e. The Morgan fingerprint density at radius 2 is 1.70 bits per heavy atom. The number of anilines is 3. The summed E-state index contributed by atoms with van der Waals surface area (Å²) < 4.78 is 6.07. The van der Waals surface area contributed by atoms with Crippen molar-refractivity contribution in [3.05, 3.63) is 84.6 Å². The number of hydrogen-bond donors (Lipinski definition) is 4. The summed E-state index contributed by atoms with van der Waals surface area (Å²) in [6.07, 6.45) is 1.59. The Balaban J connectivity index is 1.24. The fraction of sp³-hybridized carbons (Fsp3) is 0.258. The van der Waals surface area contributed by atoms with E-state index in [2.05, 4.69) is 45.0 Å². The van der Waals surface area contributed by atoms with Crippen molar-refractivity contribution in [1.29, 1.82) is 0 Å². The number of benzene rings is 3. The van der Waals surface area contributed by atoms with E-state index < -0.39 is 0 Å². The van der Waals surface area contributed by atoms with Crippen LogP contribution in [0.3, 0.4) is 0 Å². The lowest BCUT2D eigenvalue weighted by molar-refractivity contribution is 0.102. The van der Waals surface area contributed by atoms with Crippen LogP contribution in [0.25, 0.3) is 10.8 Å². The van der Waals surface area contributed by atoms with Gasteiger partial charge in [-0.25, -0.2) is 9.78 Å². The van der Waals surface area contributed by atoms with Crippen molar-refractivity contribution in [3.8, 4) is 11.5 Å². The Hall–Kier alpha value is -4.63. The van der Waals surface area contributed by atoms with E-state index in [9.17, 15) is 9.59 Å². The minimum absolute atomic E-state index is 0.240. The summed E-state index contributed by atoms with van der Waals surface area (Å²) >= 11 is 0. The van der Waals surface area contributed by atoms with E-state index in [1.165, 1.54) is 0 Å². The van der Waals surface area contributed by atoms with Gasteiger partial charge in [0.05, 0.1) is 5.69 Å². The van der Waals surface area contributed by atoms with Gasteiger partial charge in [-0.05, 0) is 80.8 Å². The molecule has 0 spiro atoms. The standard InChI is InChI=1S/C31H34N6O3/c1-4-32-31(39)35-28-7-5-6-23-16-25(12-13-27(23)28)40-26-14-15-33-29(17-26)36-30(38)22-8-10-24(11-9-22)37-18-20(2)34-21(3)19-37/h5-17,20-21,34H,4,18-19H2,1-3H3,(H2,32,35,39)(H,33,36,38)/t20-,21+. The highest BCUT2D eigenvalue weighted by Crippen LogP contribution is 2.30. The summed E-state index contributed by atoms with van der Waals surface area (Å²) in [4.78, 5) is 31.5. The molecule has 1 aliphatic rings. The number of urea groups is 1. The molecule has 1 aromatic heterocycles. The molecule has 0 saturated carbocycles. The Morgan fingerprint density at radius 3 is 2.45 bits per heavy atom. The molecule has 2 heterocycles. The highest BCUT2D eigenvalue weighted by atomic mass is 16.5. The van der Waals surface area contributed by atoms with Gasteiger partial charge >= 0.3 is 6.03 Å². The predicted molar refractivity (Wildman–Crippen MR) is 160 cm³/mol. The molecule has 2 atom stereocenters. The van der Waals surface area contributed by atoms with Crippen LogP contribution >= 0.6 is 0 Å². The average molecular weight is 539 g/mol. The first-order chi connectivity index (χ1) is 19.4. The Bertz CT molecular complexity index is 1500. The number of ether oxygens (including phenoxy) is 1. The molecule has 3 aromatic carbocycles. The second-order valence-electron chi connectivity index (χ2n) is 10.0. The van der Waals surface area contributed by atoms with Gasteiger partial charge in [-0.1, -0.05) is 12.1 Å². The maximum atomic E-state index is 12.9. The van der Waals surface area contributed by atoms with E-state index in [1.54, 1.807) is 18.3 Å². The zero-order chi connectivity index (χ0) is 28.1. The van der Waals surface area contributed by atoms with Gasteiger partial charge in [-0.2, -0.15) is 0 Å². The molecule has 0 bridgehead atoms. The molecule has 0 aliphatic carbocycles. The molecule has 1 aliphatic heterocycles. The molecule has 206 valence electrons. The molecule has 0 unspecified atom stereocenters. The van der Waals surface area contributed by atoms with Crippen LogP contribution in [-0.2, 0) is 0 Å². The highest BCUT2D eigenvalue weighted by Gasteiger charge is 2.21. The first kappa shape index (κ1) is 27.0. The summed E-state index contributed by atoms with van der Waals surface area (Å²) in [6, 6.07) is 23.0. The number of nitrogens with one attached hydrogen (secondary N) is 4. The SMILES string of the molecule is CCNC(=O)Nc1cccc2cc(Oc3ccnc(NC(=O)c4ccc(N5C[C@@H](C)N[C@@H](C)C5)cc4)c3)ccc12. The topological polar surface area (TPSA) is 108 Å². The first-order valence-electron chi connectivity index (χ1n) is 13.5. The van der Waals surface area contributed by atoms with E-state index in [-0.39, 0.29) is 11.9 Å². The van der Waals surface area contributed by atoms with Gasteiger partial charge in [0.1, 0.15) is 17.3 Å². The van der Waals surface area contributed by atoms with Crippen LogP contribution in [0.1, 0.15) is 31.1 Å². The summed E-state index contributed by atoms with van der Waals surface area (Å²) in [7, 11) is 0. The van der Waals surface area contributed by atoms with Crippen LogP contribution in [0.4, 0.5) is 22.0 Å². The van der Waals surface area contributed by atoms with Crippen LogP contribution in [0.5, 0.6) is 11.5 Å². The van der Waals surface area contributed by atoms with Crippen LogP contribution in [-0.4, -0.2) is 48.6 Å². The fourth-order valence-corrected chi connectivity index (χ4v) is 4.99. The molecule has 9 heteroatoms.